The van der Waals surface area contributed by atoms with Crippen molar-refractivity contribution in [3.05, 3.63) is 18.0 Å². The van der Waals surface area contributed by atoms with Crippen LogP contribution in [-0.4, -0.2) is 5.55 Å². The molecule has 0 saturated carbocycles. The summed E-state index contributed by atoms with van der Waals surface area (Å²) < 4.78 is 0. The van der Waals surface area contributed by atoms with Gasteiger partial charge in [0.1, 0.15) is 0 Å². The zero-order chi connectivity index (χ0) is 4.24. The summed E-state index contributed by atoms with van der Waals surface area (Å²) in [6.45, 7) is 0. The Kier molecular flexibility index (Phi) is 1.33. The van der Waals surface area contributed by atoms with Gasteiger partial charge in [0.05, 0.1) is 11.3 Å². The minimum absolute atomic E-state index is 1.47. The molecule has 2 radical (unpaired) electrons. The minimum Gasteiger partial charge on any atom is -0.258 e. The molecule has 6 heavy (non-hydrogen) atoms. The van der Waals surface area contributed by atoms with E-state index in [2.05, 4.69) is 10.7 Å². The van der Waals surface area contributed by atoms with E-state index in [1.165, 1.54) is 11.8 Å². The first-order chi connectivity index (χ1) is 3.00. The highest BCUT2D eigenvalue weighted by Gasteiger charge is 1.80. The second-order valence-corrected chi connectivity index (χ2v) is 1.49. The Morgan fingerprint density at radius 3 is 2.83 bits per heavy atom. The number of hydrogen-bond donors (Lipinski definition) is 0. The summed E-state index contributed by atoms with van der Waals surface area (Å²) >= 11 is 1.47. The molecule has 0 spiro atoms. The van der Waals surface area contributed by atoms with Gasteiger partial charge in [0.25, 0.3) is 0 Å². The van der Waals surface area contributed by atoms with E-state index in [9.17, 15) is 0 Å². The van der Waals surface area contributed by atoms with Gasteiger partial charge in [-0.1, -0.05) is 11.8 Å². The average Bonchev–Trinajstić information content (AvgIpc) is 1.72. The van der Waals surface area contributed by atoms with Crippen LogP contribution in [0.3, 0.4) is 0 Å². The van der Waals surface area contributed by atoms with Crippen LogP contribution in [0.5, 0.6) is 0 Å². The molecular formula is C4H3NS. The van der Waals surface area contributed by atoms with Gasteiger partial charge in [-0.15, -0.1) is 0 Å². The van der Waals surface area contributed by atoms with Gasteiger partial charge in [-0.2, -0.15) is 0 Å². The minimum atomic E-state index is 1.47. The molecule has 0 bridgehead atoms. The lowest BCUT2D eigenvalue weighted by Crippen LogP contribution is -1.67. The Hall–Kier alpha value is -0.240. The summed E-state index contributed by atoms with van der Waals surface area (Å²) in [7, 11) is 0. The molecule has 0 aromatic heterocycles. The zero-order valence-corrected chi connectivity index (χ0v) is 3.90. The average molecular weight is 97.1 g/mol. The van der Waals surface area contributed by atoms with Crippen LogP contribution in [0.2, 0.25) is 0 Å². The van der Waals surface area contributed by atoms with Crippen molar-refractivity contribution < 1.29 is 0 Å². The molecule has 0 saturated heterocycles. The molecule has 1 aliphatic rings. The Balaban J connectivity index is 2.46. The molecule has 0 aromatic rings. The summed E-state index contributed by atoms with van der Waals surface area (Å²) in [4.78, 5) is 3.77. The van der Waals surface area contributed by atoms with Gasteiger partial charge in [0.15, 0.2) is 0 Å². The highest BCUT2D eigenvalue weighted by atomic mass is 32.2. The maximum atomic E-state index is 3.77. The van der Waals surface area contributed by atoms with Crippen LogP contribution < -0.4 is 0 Å². The quantitative estimate of drug-likeness (QED) is 0.444. The number of hydrogen-bond acceptors (Lipinski definition) is 2. The predicted octanol–water partition coefficient (Wildman–Crippen LogP) is 1.31. The number of rotatable bonds is 0. The third-order valence-corrected chi connectivity index (χ3v) is 0.910. The lowest BCUT2D eigenvalue weighted by Gasteiger charge is -1.86. The Labute approximate surface area is 41.2 Å². The molecule has 0 atom stereocenters. The van der Waals surface area contributed by atoms with E-state index in [-0.39, 0.29) is 0 Å². The van der Waals surface area contributed by atoms with Gasteiger partial charge in [-0.05, 0) is 6.08 Å². The van der Waals surface area contributed by atoms with Crippen molar-refractivity contribution in [1.82, 2.24) is 0 Å². The van der Waals surface area contributed by atoms with Crippen molar-refractivity contribution in [1.29, 1.82) is 0 Å². The third kappa shape index (κ3) is 0.863. The van der Waals surface area contributed by atoms with Gasteiger partial charge in [0.2, 0.25) is 0 Å². The Morgan fingerprint density at radius 1 is 1.67 bits per heavy atom. The molecule has 0 N–H and O–H groups in total. The second kappa shape index (κ2) is 2.03. The lowest BCUT2D eigenvalue weighted by molar-refractivity contribution is 1.59. The van der Waals surface area contributed by atoms with Crippen molar-refractivity contribution in [2.24, 2.45) is 4.99 Å². The van der Waals surface area contributed by atoms with Gasteiger partial charge < -0.3 is 0 Å². The predicted molar refractivity (Wildman–Crippen MR) is 28.5 cm³/mol. The van der Waals surface area contributed by atoms with E-state index < -0.39 is 0 Å². The molecule has 0 aliphatic carbocycles. The number of thioether (sulfide) groups is 1. The Morgan fingerprint density at radius 2 is 2.67 bits per heavy atom. The molecule has 0 unspecified atom stereocenters. The van der Waals surface area contributed by atoms with Gasteiger partial charge in [-0.3, -0.25) is 4.99 Å². The highest BCUT2D eigenvalue weighted by Crippen LogP contribution is 2.05. The first-order valence-corrected chi connectivity index (χ1v) is 2.46. The lowest BCUT2D eigenvalue weighted by atomic mass is 10.7. The van der Waals surface area contributed by atoms with E-state index in [4.69, 9.17) is 0 Å². The van der Waals surface area contributed by atoms with Crippen molar-refractivity contribution in [3.8, 4) is 0 Å². The summed E-state index contributed by atoms with van der Waals surface area (Å²) in [6.07, 6.45) is 3.49. The maximum Gasteiger partial charge on any atom is 0.0819 e. The van der Waals surface area contributed by atoms with Crippen molar-refractivity contribution in [2.75, 3.05) is 0 Å². The molecule has 1 rings (SSSR count). The monoisotopic (exact) mass is 97.0 g/mol. The SMILES string of the molecule is [C]1C=CN=CS1. The maximum absolute atomic E-state index is 3.77. The van der Waals surface area contributed by atoms with E-state index in [1.807, 2.05) is 0 Å². The summed E-state index contributed by atoms with van der Waals surface area (Å²) in [5, 5.41) is 0. The standard InChI is InChI=1S/C4H3NS/c1-2-5-4-6-3-1/h1-2,4H. The zero-order valence-electron chi connectivity index (χ0n) is 3.09. The van der Waals surface area contributed by atoms with E-state index >= 15 is 0 Å². The fourth-order valence-corrected chi connectivity index (χ4v) is 0.540. The van der Waals surface area contributed by atoms with Crippen molar-refractivity contribution in [3.63, 3.8) is 0 Å². The summed E-state index contributed by atoms with van der Waals surface area (Å²) in [5.74, 6) is 2.87. The van der Waals surface area contributed by atoms with E-state index in [1.54, 1.807) is 17.8 Å². The molecule has 30 valence electrons. The Bertz CT molecular complexity index is 73.5. The molecule has 0 aromatic carbocycles. The van der Waals surface area contributed by atoms with Crippen molar-refractivity contribution in [2.45, 2.75) is 0 Å². The van der Waals surface area contributed by atoms with Gasteiger partial charge >= 0.3 is 0 Å². The van der Waals surface area contributed by atoms with Crippen LogP contribution in [0.25, 0.3) is 0 Å². The molecule has 0 amide bonds. The number of aliphatic imine (C=N–C) groups is 1. The van der Waals surface area contributed by atoms with Crippen LogP contribution >= 0.6 is 11.8 Å². The topological polar surface area (TPSA) is 12.4 Å². The molecule has 1 aliphatic heterocycles. The first kappa shape index (κ1) is 3.93. The first-order valence-electron chi connectivity index (χ1n) is 1.58. The third-order valence-electron chi connectivity index (χ3n) is 0.410. The van der Waals surface area contributed by atoms with Crippen LogP contribution in [-0.2, 0) is 0 Å². The van der Waals surface area contributed by atoms with E-state index in [0.717, 1.165) is 0 Å². The van der Waals surface area contributed by atoms with E-state index in [0.29, 0.717) is 0 Å². The van der Waals surface area contributed by atoms with Crippen LogP contribution in [0, 0.1) is 5.75 Å². The summed E-state index contributed by atoms with van der Waals surface area (Å²) in [6, 6.07) is 0. The van der Waals surface area contributed by atoms with Crippen LogP contribution in [0.15, 0.2) is 17.3 Å². The second-order valence-electron chi connectivity index (χ2n) is 0.806. The van der Waals surface area contributed by atoms with Crippen molar-refractivity contribution >= 4 is 17.3 Å². The number of nitrogens with zero attached hydrogens (tertiary/aromatic N) is 1. The molecule has 0 fully saturated rings. The van der Waals surface area contributed by atoms with Gasteiger partial charge in [0, 0.05) is 6.20 Å². The smallest absolute Gasteiger partial charge is 0.0819 e. The normalized spacial score (nSPS) is 18.7. The molecular weight excluding hydrogens is 94.1 g/mol. The van der Waals surface area contributed by atoms with Crippen LogP contribution in [0.4, 0.5) is 0 Å². The molecule has 1 nitrogen and oxygen atoms in total. The fraction of sp³-hybridized carbons (Fsp3) is 0. The molecule has 2 heteroatoms. The largest absolute Gasteiger partial charge is 0.258 e. The molecule has 1 heterocycles. The highest BCUT2D eigenvalue weighted by molar-refractivity contribution is 8.14. The van der Waals surface area contributed by atoms with Crippen LogP contribution in [0.1, 0.15) is 0 Å². The fourth-order valence-electron chi connectivity index (χ4n) is 0.209. The summed E-state index contributed by atoms with van der Waals surface area (Å²) in [5.41, 5.74) is 1.74. The van der Waals surface area contributed by atoms with Gasteiger partial charge in [-0.25, -0.2) is 0 Å².